The van der Waals surface area contributed by atoms with E-state index in [0.717, 1.165) is 30.2 Å². The molecule has 2 aromatic heterocycles. The molecule has 0 spiro atoms. The van der Waals surface area contributed by atoms with E-state index < -0.39 is 0 Å². The Kier molecular flexibility index (Phi) is 3.58. The first-order chi connectivity index (χ1) is 9.78. The van der Waals surface area contributed by atoms with Crippen molar-refractivity contribution in [1.82, 2.24) is 19.9 Å². The molecule has 20 heavy (non-hydrogen) atoms. The molecule has 1 N–H and O–H groups in total. The van der Waals surface area contributed by atoms with Crippen molar-refractivity contribution in [3.05, 3.63) is 29.3 Å². The van der Waals surface area contributed by atoms with Gasteiger partial charge in [0.1, 0.15) is 17.3 Å². The van der Waals surface area contributed by atoms with Crippen LogP contribution in [0.5, 0.6) is 0 Å². The summed E-state index contributed by atoms with van der Waals surface area (Å²) in [6, 6.07) is 1.87. The Morgan fingerprint density at radius 2 is 1.90 bits per heavy atom. The molecule has 0 atom stereocenters. The fourth-order valence-corrected chi connectivity index (χ4v) is 2.67. The maximum atomic E-state index is 4.75. The topological polar surface area (TPSA) is 63.6 Å². The lowest BCUT2D eigenvalue weighted by Gasteiger charge is -2.12. The van der Waals surface area contributed by atoms with E-state index in [-0.39, 0.29) is 0 Å². The van der Waals surface area contributed by atoms with E-state index in [0.29, 0.717) is 5.82 Å². The number of nitrogens with zero attached hydrogens (tertiary/aromatic N) is 4. The zero-order valence-corrected chi connectivity index (χ0v) is 12.0. The van der Waals surface area contributed by atoms with Gasteiger partial charge in [0.15, 0.2) is 5.82 Å². The molecular weight excluding hydrogens is 250 g/mol. The second kappa shape index (κ2) is 5.53. The molecule has 0 unspecified atom stereocenters. The van der Waals surface area contributed by atoms with Gasteiger partial charge in [-0.05, 0) is 38.7 Å². The van der Waals surface area contributed by atoms with Crippen LogP contribution in [0.25, 0.3) is 11.5 Å². The molecule has 1 aliphatic rings. The molecule has 2 aromatic rings. The van der Waals surface area contributed by atoms with E-state index in [4.69, 9.17) is 4.98 Å². The lowest BCUT2D eigenvalue weighted by molar-refractivity contribution is 0.709. The third-order valence-electron chi connectivity index (χ3n) is 3.68. The molecule has 0 aromatic carbocycles. The quantitative estimate of drug-likeness (QED) is 0.849. The first-order valence-electron chi connectivity index (χ1n) is 7.15. The minimum absolute atomic E-state index is 0.695. The maximum absolute atomic E-state index is 4.75. The van der Waals surface area contributed by atoms with Crippen molar-refractivity contribution < 1.29 is 0 Å². The highest BCUT2D eigenvalue weighted by Crippen LogP contribution is 2.26. The Balaban J connectivity index is 2.11. The van der Waals surface area contributed by atoms with E-state index >= 15 is 0 Å². The zero-order chi connectivity index (χ0) is 13.9. The van der Waals surface area contributed by atoms with E-state index in [1.807, 2.05) is 20.0 Å². The monoisotopic (exact) mass is 269 g/mol. The van der Waals surface area contributed by atoms with Gasteiger partial charge in [-0.15, -0.1) is 0 Å². The highest BCUT2D eigenvalue weighted by molar-refractivity contribution is 5.56. The molecule has 5 heteroatoms. The summed E-state index contributed by atoms with van der Waals surface area (Å²) in [5.74, 6) is 2.38. The van der Waals surface area contributed by atoms with Crippen LogP contribution in [0.4, 0.5) is 5.82 Å². The van der Waals surface area contributed by atoms with Gasteiger partial charge >= 0.3 is 0 Å². The van der Waals surface area contributed by atoms with Gasteiger partial charge in [0.25, 0.3) is 0 Å². The van der Waals surface area contributed by atoms with Crippen LogP contribution >= 0.6 is 0 Å². The van der Waals surface area contributed by atoms with E-state index in [9.17, 15) is 0 Å². The Morgan fingerprint density at radius 1 is 1.05 bits per heavy atom. The lowest BCUT2D eigenvalue weighted by atomic mass is 10.1. The third kappa shape index (κ3) is 2.48. The van der Waals surface area contributed by atoms with Crippen LogP contribution in [0.1, 0.15) is 36.3 Å². The molecule has 0 amide bonds. The summed E-state index contributed by atoms with van der Waals surface area (Å²) >= 11 is 0. The number of nitrogens with one attached hydrogen (secondary N) is 1. The number of hydrogen-bond acceptors (Lipinski definition) is 5. The Hall–Kier alpha value is -2.04. The Bertz CT molecular complexity index is 624. The molecule has 0 bridgehead atoms. The van der Waals surface area contributed by atoms with Gasteiger partial charge in [-0.2, -0.15) is 0 Å². The van der Waals surface area contributed by atoms with Crippen LogP contribution < -0.4 is 5.32 Å². The molecular formula is C15H19N5. The van der Waals surface area contributed by atoms with Gasteiger partial charge in [-0.1, -0.05) is 6.42 Å². The Morgan fingerprint density at radius 3 is 2.70 bits per heavy atom. The number of aryl methyl sites for hydroxylation is 2. The molecule has 2 heterocycles. The van der Waals surface area contributed by atoms with Crippen LogP contribution in [-0.4, -0.2) is 27.0 Å². The van der Waals surface area contributed by atoms with Crippen LogP contribution in [-0.2, 0) is 12.8 Å². The standard InChI is InChI=1S/C15H19N5/c1-10-17-9-8-13(18-10)15-19-12-7-5-3-4-6-11(12)14(16-2)20-15/h8-9H,3-7H2,1-2H3,(H,16,19,20). The van der Waals surface area contributed by atoms with Crippen LogP contribution in [0, 0.1) is 6.92 Å². The average Bonchev–Trinajstić information content (AvgIpc) is 2.71. The zero-order valence-electron chi connectivity index (χ0n) is 12.0. The summed E-state index contributed by atoms with van der Waals surface area (Å²) < 4.78 is 0. The third-order valence-corrected chi connectivity index (χ3v) is 3.68. The normalized spacial score (nSPS) is 14.5. The van der Waals surface area contributed by atoms with Gasteiger partial charge < -0.3 is 5.32 Å². The molecule has 1 aliphatic carbocycles. The van der Waals surface area contributed by atoms with Crippen molar-refractivity contribution in [2.45, 2.75) is 39.0 Å². The van der Waals surface area contributed by atoms with E-state index in [1.54, 1.807) is 6.20 Å². The summed E-state index contributed by atoms with van der Waals surface area (Å²) in [5.41, 5.74) is 3.24. The smallest absolute Gasteiger partial charge is 0.180 e. The molecule has 3 rings (SSSR count). The highest BCUT2D eigenvalue weighted by atomic mass is 15.0. The van der Waals surface area contributed by atoms with Crippen molar-refractivity contribution in [3.63, 3.8) is 0 Å². The van der Waals surface area contributed by atoms with E-state index in [1.165, 1.54) is 30.5 Å². The molecule has 0 saturated carbocycles. The van der Waals surface area contributed by atoms with Gasteiger partial charge in [0.05, 0.1) is 0 Å². The number of aromatic nitrogens is 4. The maximum Gasteiger partial charge on any atom is 0.180 e. The van der Waals surface area contributed by atoms with Crippen LogP contribution in [0.15, 0.2) is 12.3 Å². The molecule has 0 saturated heterocycles. The summed E-state index contributed by atoms with van der Waals surface area (Å²) in [7, 11) is 1.92. The number of anilines is 1. The van der Waals surface area contributed by atoms with E-state index in [2.05, 4.69) is 20.3 Å². The summed E-state index contributed by atoms with van der Waals surface area (Å²) in [4.78, 5) is 18.0. The molecule has 0 radical (unpaired) electrons. The summed E-state index contributed by atoms with van der Waals surface area (Å²) in [6.45, 7) is 1.88. The second-order valence-corrected chi connectivity index (χ2v) is 5.12. The summed E-state index contributed by atoms with van der Waals surface area (Å²) in [5, 5.41) is 3.21. The fourth-order valence-electron chi connectivity index (χ4n) is 2.67. The average molecular weight is 269 g/mol. The fraction of sp³-hybridized carbons (Fsp3) is 0.467. The molecule has 0 fully saturated rings. The minimum atomic E-state index is 0.695. The van der Waals surface area contributed by atoms with Crippen molar-refractivity contribution >= 4 is 5.82 Å². The van der Waals surface area contributed by atoms with Gasteiger partial charge in [0, 0.05) is 24.5 Å². The number of fused-ring (bicyclic) bond motifs is 1. The SMILES string of the molecule is CNc1nc(-c2ccnc(C)n2)nc2c1CCCCC2. The lowest BCUT2D eigenvalue weighted by Crippen LogP contribution is -2.07. The number of rotatable bonds is 2. The molecule has 5 nitrogen and oxygen atoms in total. The second-order valence-electron chi connectivity index (χ2n) is 5.12. The van der Waals surface area contributed by atoms with Gasteiger partial charge in [-0.25, -0.2) is 19.9 Å². The molecule has 104 valence electrons. The highest BCUT2D eigenvalue weighted by Gasteiger charge is 2.17. The van der Waals surface area contributed by atoms with Crippen LogP contribution in [0.3, 0.4) is 0 Å². The Labute approximate surface area is 118 Å². The van der Waals surface area contributed by atoms with Crippen molar-refractivity contribution in [1.29, 1.82) is 0 Å². The first kappa shape index (κ1) is 13.0. The molecule has 0 aliphatic heterocycles. The van der Waals surface area contributed by atoms with Crippen molar-refractivity contribution in [2.75, 3.05) is 12.4 Å². The summed E-state index contributed by atoms with van der Waals surface area (Å²) in [6.07, 6.45) is 7.54. The predicted molar refractivity (Wildman–Crippen MR) is 78.6 cm³/mol. The van der Waals surface area contributed by atoms with Gasteiger partial charge in [-0.3, -0.25) is 0 Å². The largest absolute Gasteiger partial charge is 0.373 e. The predicted octanol–water partition coefficient (Wildman–Crippen LogP) is 2.55. The minimum Gasteiger partial charge on any atom is -0.373 e. The first-order valence-corrected chi connectivity index (χ1v) is 7.15. The van der Waals surface area contributed by atoms with Crippen LogP contribution in [0.2, 0.25) is 0 Å². The number of hydrogen-bond donors (Lipinski definition) is 1. The van der Waals surface area contributed by atoms with Gasteiger partial charge in [0.2, 0.25) is 0 Å². The van der Waals surface area contributed by atoms with Crippen molar-refractivity contribution in [2.24, 2.45) is 0 Å². The van der Waals surface area contributed by atoms with Crippen molar-refractivity contribution in [3.8, 4) is 11.5 Å².